The van der Waals surface area contributed by atoms with Gasteiger partial charge in [0.2, 0.25) is 0 Å². The van der Waals surface area contributed by atoms with Crippen molar-refractivity contribution in [2.24, 2.45) is 5.41 Å². The molecular formula is C15H22FNO. The summed E-state index contributed by atoms with van der Waals surface area (Å²) in [5.74, 6) is 0.0949. The molecule has 1 saturated heterocycles. The van der Waals surface area contributed by atoms with Crippen LogP contribution in [-0.4, -0.2) is 26.8 Å². The van der Waals surface area contributed by atoms with E-state index in [1.165, 1.54) is 0 Å². The van der Waals surface area contributed by atoms with Gasteiger partial charge in [-0.25, -0.2) is 4.39 Å². The van der Waals surface area contributed by atoms with E-state index in [4.69, 9.17) is 4.74 Å². The Hall–Kier alpha value is -0.930. The smallest absolute Gasteiger partial charge is 0.126 e. The fourth-order valence-corrected chi connectivity index (χ4v) is 3.16. The van der Waals surface area contributed by atoms with Crippen molar-refractivity contribution in [1.29, 1.82) is 0 Å². The van der Waals surface area contributed by atoms with E-state index in [9.17, 15) is 4.39 Å². The van der Waals surface area contributed by atoms with E-state index in [1.54, 1.807) is 19.2 Å². The zero-order chi connectivity index (χ0) is 13.0. The van der Waals surface area contributed by atoms with Crippen LogP contribution >= 0.6 is 0 Å². The molecule has 0 radical (unpaired) electrons. The van der Waals surface area contributed by atoms with Crippen LogP contribution in [-0.2, 0) is 4.74 Å². The molecule has 3 heteroatoms. The molecule has 0 saturated carbocycles. The first-order valence-corrected chi connectivity index (χ1v) is 6.67. The highest BCUT2D eigenvalue weighted by Gasteiger charge is 2.41. The van der Waals surface area contributed by atoms with Gasteiger partial charge >= 0.3 is 0 Å². The van der Waals surface area contributed by atoms with Gasteiger partial charge in [0.05, 0.1) is 6.61 Å². The van der Waals surface area contributed by atoms with Crippen LogP contribution in [0.5, 0.6) is 0 Å². The molecule has 0 amide bonds. The van der Waals surface area contributed by atoms with Crippen molar-refractivity contribution in [2.45, 2.75) is 25.7 Å². The summed E-state index contributed by atoms with van der Waals surface area (Å²) in [6, 6.07) is 7.13. The SMILES string of the molecule is CCC1(COC)CCNCC1c1ccccc1F. The highest BCUT2D eigenvalue weighted by atomic mass is 19.1. The Balaban J connectivity index is 2.35. The van der Waals surface area contributed by atoms with Crippen LogP contribution in [0, 0.1) is 11.2 Å². The number of benzene rings is 1. The lowest BCUT2D eigenvalue weighted by Gasteiger charge is -2.44. The molecule has 0 spiro atoms. The number of ether oxygens (including phenoxy) is 1. The molecule has 0 bridgehead atoms. The second-order valence-corrected chi connectivity index (χ2v) is 5.18. The van der Waals surface area contributed by atoms with Crippen LogP contribution < -0.4 is 5.32 Å². The second kappa shape index (κ2) is 5.81. The highest BCUT2D eigenvalue weighted by molar-refractivity contribution is 5.25. The fraction of sp³-hybridized carbons (Fsp3) is 0.600. The third kappa shape index (κ3) is 2.43. The van der Waals surface area contributed by atoms with Crippen LogP contribution in [0.1, 0.15) is 31.2 Å². The monoisotopic (exact) mass is 251 g/mol. The lowest BCUT2D eigenvalue weighted by Crippen LogP contribution is -2.46. The number of hydrogen-bond acceptors (Lipinski definition) is 2. The Labute approximate surface area is 109 Å². The van der Waals surface area contributed by atoms with E-state index in [-0.39, 0.29) is 17.2 Å². The first kappa shape index (κ1) is 13.5. The minimum atomic E-state index is -0.0971. The average Bonchev–Trinajstić information content (AvgIpc) is 2.40. The number of rotatable bonds is 4. The van der Waals surface area contributed by atoms with Crippen molar-refractivity contribution < 1.29 is 9.13 Å². The van der Waals surface area contributed by atoms with Crippen molar-refractivity contribution >= 4 is 0 Å². The molecule has 0 aromatic heterocycles. The molecule has 18 heavy (non-hydrogen) atoms. The Morgan fingerprint density at radius 2 is 2.22 bits per heavy atom. The van der Waals surface area contributed by atoms with E-state index >= 15 is 0 Å². The van der Waals surface area contributed by atoms with Crippen molar-refractivity contribution in [3.63, 3.8) is 0 Å². The first-order valence-electron chi connectivity index (χ1n) is 6.67. The number of hydrogen-bond donors (Lipinski definition) is 1. The molecule has 2 rings (SSSR count). The average molecular weight is 251 g/mol. The molecule has 1 aromatic carbocycles. The molecule has 1 aliphatic rings. The van der Waals surface area contributed by atoms with Gasteiger partial charge in [0.1, 0.15) is 5.82 Å². The molecule has 1 aliphatic heterocycles. The summed E-state index contributed by atoms with van der Waals surface area (Å²) < 4.78 is 19.4. The molecule has 1 heterocycles. The van der Waals surface area contributed by atoms with Gasteiger partial charge in [0, 0.05) is 25.0 Å². The maximum absolute atomic E-state index is 14.0. The first-order chi connectivity index (χ1) is 8.73. The summed E-state index contributed by atoms with van der Waals surface area (Å²) in [6.45, 7) is 4.70. The summed E-state index contributed by atoms with van der Waals surface area (Å²) in [6.07, 6.45) is 2.05. The van der Waals surface area contributed by atoms with E-state index in [1.807, 2.05) is 12.1 Å². The van der Waals surface area contributed by atoms with Gasteiger partial charge in [-0.05, 0) is 31.0 Å². The van der Waals surface area contributed by atoms with Crippen LogP contribution in [0.4, 0.5) is 4.39 Å². The molecule has 1 fully saturated rings. The lowest BCUT2D eigenvalue weighted by molar-refractivity contribution is 0.0322. The zero-order valence-electron chi connectivity index (χ0n) is 11.2. The number of nitrogens with one attached hydrogen (secondary N) is 1. The van der Waals surface area contributed by atoms with Crippen LogP contribution in [0.3, 0.4) is 0 Å². The maximum atomic E-state index is 14.0. The molecule has 100 valence electrons. The molecule has 2 atom stereocenters. The Morgan fingerprint density at radius 3 is 2.89 bits per heavy atom. The van der Waals surface area contributed by atoms with Gasteiger partial charge in [-0.1, -0.05) is 25.1 Å². The lowest BCUT2D eigenvalue weighted by atomic mass is 9.66. The summed E-state index contributed by atoms with van der Waals surface area (Å²) in [5, 5.41) is 3.39. The number of halogens is 1. The van der Waals surface area contributed by atoms with Gasteiger partial charge in [0.15, 0.2) is 0 Å². The summed E-state index contributed by atoms with van der Waals surface area (Å²) in [7, 11) is 1.73. The van der Waals surface area contributed by atoms with Crippen molar-refractivity contribution in [2.75, 3.05) is 26.8 Å². The topological polar surface area (TPSA) is 21.3 Å². The molecule has 2 unspecified atom stereocenters. The Morgan fingerprint density at radius 1 is 1.44 bits per heavy atom. The number of piperidine rings is 1. The van der Waals surface area contributed by atoms with Crippen LogP contribution in [0.15, 0.2) is 24.3 Å². The van der Waals surface area contributed by atoms with E-state index in [0.717, 1.165) is 31.5 Å². The number of methoxy groups -OCH3 is 1. The zero-order valence-corrected chi connectivity index (χ0v) is 11.2. The quantitative estimate of drug-likeness (QED) is 0.888. The second-order valence-electron chi connectivity index (χ2n) is 5.18. The summed E-state index contributed by atoms with van der Waals surface area (Å²) in [4.78, 5) is 0. The van der Waals surface area contributed by atoms with E-state index < -0.39 is 0 Å². The third-order valence-corrected chi connectivity index (χ3v) is 4.30. The standard InChI is InChI=1S/C15H22FNO/c1-3-15(11-18-2)8-9-17-10-13(15)12-6-4-5-7-14(12)16/h4-7,13,17H,3,8-11H2,1-2H3. The van der Waals surface area contributed by atoms with E-state index in [0.29, 0.717) is 6.61 Å². The van der Waals surface area contributed by atoms with Gasteiger partial charge in [-0.15, -0.1) is 0 Å². The highest BCUT2D eigenvalue weighted by Crippen LogP contribution is 2.44. The Kier molecular flexibility index (Phi) is 4.36. The molecular weight excluding hydrogens is 229 g/mol. The Bertz CT molecular complexity index is 392. The molecule has 2 nitrogen and oxygen atoms in total. The molecule has 1 aromatic rings. The van der Waals surface area contributed by atoms with Crippen LogP contribution in [0.2, 0.25) is 0 Å². The van der Waals surface area contributed by atoms with Crippen LogP contribution in [0.25, 0.3) is 0 Å². The largest absolute Gasteiger partial charge is 0.384 e. The van der Waals surface area contributed by atoms with Crippen molar-refractivity contribution in [3.05, 3.63) is 35.6 Å². The normalized spacial score (nSPS) is 28.3. The fourth-order valence-electron chi connectivity index (χ4n) is 3.16. The van der Waals surface area contributed by atoms with Gasteiger partial charge < -0.3 is 10.1 Å². The summed E-state index contributed by atoms with van der Waals surface area (Å²) in [5.41, 5.74) is 0.881. The predicted octanol–water partition coefficient (Wildman–Crippen LogP) is 2.95. The summed E-state index contributed by atoms with van der Waals surface area (Å²) >= 11 is 0. The van der Waals surface area contributed by atoms with E-state index in [2.05, 4.69) is 12.2 Å². The predicted molar refractivity (Wildman–Crippen MR) is 71.2 cm³/mol. The minimum absolute atomic E-state index is 0.0577. The maximum Gasteiger partial charge on any atom is 0.126 e. The van der Waals surface area contributed by atoms with Gasteiger partial charge in [0.25, 0.3) is 0 Å². The van der Waals surface area contributed by atoms with Gasteiger partial charge in [-0.3, -0.25) is 0 Å². The van der Waals surface area contributed by atoms with Gasteiger partial charge in [-0.2, -0.15) is 0 Å². The van der Waals surface area contributed by atoms with Crippen molar-refractivity contribution in [3.8, 4) is 0 Å². The molecule has 1 N–H and O–H groups in total. The van der Waals surface area contributed by atoms with Crippen molar-refractivity contribution in [1.82, 2.24) is 5.32 Å². The third-order valence-electron chi connectivity index (χ3n) is 4.30. The molecule has 0 aliphatic carbocycles. The minimum Gasteiger partial charge on any atom is -0.384 e.